The Kier molecular flexibility index (Phi) is 4.28. The molecule has 4 N–H and O–H groups in total. The fraction of sp³-hybridized carbons (Fsp3) is 0.300. The molecule has 1 aromatic rings. The standard InChI is InChI=1S/C10H12FNO3S/c11-5-1-2-6(10(12)15)7(3-5)9(14)8(13)4-16/h1-3,8-9,13-14,16H,4H2,(H2,12,15). The fourth-order valence-corrected chi connectivity index (χ4v) is 1.51. The third-order valence-electron chi connectivity index (χ3n) is 2.15. The van der Waals surface area contributed by atoms with E-state index in [1.165, 1.54) is 6.07 Å². The lowest BCUT2D eigenvalue weighted by atomic mass is 9.98. The van der Waals surface area contributed by atoms with Crippen LogP contribution in [0.25, 0.3) is 0 Å². The Bertz CT molecular complexity index is 400. The molecule has 0 aliphatic heterocycles. The number of primary amides is 1. The van der Waals surface area contributed by atoms with Crippen LogP contribution < -0.4 is 5.73 Å². The van der Waals surface area contributed by atoms with Crippen molar-refractivity contribution in [1.82, 2.24) is 0 Å². The van der Waals surface area contributed by atoms with Gasteiger partial charge in [-0.2, -0.15) is 12.6 Å². The molecule has 16 heavy (non-hydrogen) atoms. The maximum absolute atomic E-state index is 13.0. The number of halogens is 1. The van der Waals surface area contributed by atoms with E-state index >= 15 is 0 Å². The first-order chi connectivity index (χ1) is 7.47. The Morgan fingerprint density at radius 2 is 2.12 bits per heavy atom. The molecule has 0 aliphatic rings. The van der Waals surface area contributed by atoms with Crippen LogP contribution in [-0.4, -0.2) is 28.0 Å². The molecule has 4 nitrogen and oxygen atoms in total. The van der Waals surface area contributed by atoms with E-state index in [0.29, 0.717) is 0 Å². The SMILES string of the molecule is NC(=O)c1ccc(F)cc1C(O)C(O)CS. The van der Waals surface area contributed by atoms with Crippen molar-refractivity contribution in [2.45, 2.75) is 12.2 Å². The van der Waals surface area contributed by atoms with Crippen LogP contribution in [0.2, 0.25) is 0 Å². The molecule has 2 unspecified atom stereocenters. The van der Waals surface area contributed by atoms with Crippen LogP contribution in [0.4, 0.5) is 4.39 Å². The van der Waals surface area contributed by atoms with E-state index < -0.39 is 23.9 Å². The molecule has 0 fully saturated rings. The minimum absolute atomic E-state index is 0.0180. The number of hydrogen-bond acceptors (Lipinski definition) is 4. The summed E-state index contributed by atoms with van der Waals surface area (Å²) in [5.74, 6) is -1.43. The highest BCUT2D eigenvalue weighted by atomic mass is 32.1. The van der Waals surface area contributed by atoms with Crippen LogP contribution in [-0.2, 0) is 0 Å². The number of amides is 1. The van der Waals surface area contributed by atoms with Gasteiger partial charge in [0.2, 0.25) is 5.91 Å². The lowest BCUT2D eigenvalue weighted by Crippen LogP contribution is -2.24. The van der Waals surface area contributed by atoms with Gasteiger partial charge < -0.3 is 15.9 Å². The number of thiol groups is 1. The molecule has 0 bridgehead atoms. The van der Waals surface area contributed by atoms with Gasteiger partial charge in [0.1, 0.15) is 11.9 Å². The summed E-state index contributed by atoms with van der Waals surface area (Å²) in [6.45, 7) is 0. The van der Waals surface area contributed by atoms with Crippen LogP contribution in [0.5, 0.6) is 0 Å². The van der Waals surface area contributed by atoms with Crippen molar-refractivity contribution in [3.05, 3.63) is 35.1 Å². The second kappa shape index (κ2) is 5.29. The molecule has 2 atom stereocenters. The number of carbonyl (C=O) groups excluding carboxylic acids is 1. The minimum Gasteiger partial charge on any atom is -0.389 e. The molecule has 0 spiro atoms. The second-order valence-electron chi connectivity index (χ2n) is 3.29. The number of benzene rings is 1. The molecule has 0 aromatic heterocycles. The van der Waals surface area contributed by atoms with Crippen molar-refractivity contribution in [1.29, 1.82) is 0 Å². The second-order valence-corrected chi connectivity index (χ2v) is 3.66. The van der Waals surface area contributed by atoms with Gasteiger partial charge in [-0.1, -0.05) is 0 Å². The molecule has 1 rings (SSSR count). The van der Waals surface area contributed by atoms with Gasteiger partial charge in [-0.3, -0.25) is 4.79 Å². The summed E-state index contributed by atoms with van der Waals surface area (Å²) < 4.78 is 13.0. The third kappa shape index (κ3) is 2.72. The predicted molar refractivity (Wildman–Crippen MR) is 59.7 cm³/mol. The molecule has 0 aliphatic carbocycles. The Morgan fingerprint density at radius 1 is 1.50 bits per heavy atom. The average Bonchev–Trinajstić information content (AvgIpc) is 2.26. The summed E-state index contributed by atoms with van der Waals surface area (Å²) in [5.41, 5.74) is 5.02. The van der Waals surface area contributed by atoms with Gasteiger partial charge >= 0.3 is 0 Å². The fourth-order valence-electron chi connectivity index (χ4n) is 1.31. The minimum atomic E-state index is -1.39. The summed E-state index contributed by atoms with van der Waals surface area (Å²) in [7, 11) is 0. The van der Waals surface area contributed by atoms with Crippen molar-refractivity contribution < 1.29 is 19.4 Å². The largest absolute Gasteiger partial charge is 0.389 e. The first-order valence-corrected chi connectivity index (χ1v) is 5.17. The lowest BCUT2D eigenvalue weighted by molar-refractivity contribution is 0.0330. The summed E-state index contributed by atoms with van der Waals surface area (Å²) in [6.07, 6.45) is -2.58. The number of aliphatic hydroxyl groups excluding tert-OH is 2. The van der Waals surface area contributed by atoms with E-state index in [4.69, 9.17) is 5.73 Å². The summed E-state index contributed by atoms with van der Waals surface area (Å²) in [4.78, 5) is 11.0. The highest BCUT2D eigenvalue weighted by Crippen LogP contribution is 2.22. The summed E-state index contributed by atoms with van der Waals surface area (Å²) >= 11 is 3.80. The van der Waals surface area contributed by atoms with Crippen molar-refractivity contribution in [2.75, 3.05) is 5.75 Å². The van der Waals surface area contributed by atoms with Crippen LogP contribution in [0, 0.1) is 5.82 Å². The Balaban J connectivity index is 3.19. The van der Waals surface area contributed by atoms with Gasteiger partial charge in [-0.25, -0.2) is 4.39 Å². The molecule has 88 valence electrons. The highest BCUT2D eigenvalue weighted by molar-refractivity contribution is 7.80. The molecule has 1 aromatic carbocycles. The maximum atomic E-state index is 13.0. The topological polar surface area (TPSA) is 83.6 Å². The molecular formula is C10H12FNO3S. The zero-order chi connectivity index (χ0) is 12.3. The summed E-state index contributed by atoms with van der Waals surface area (Å²) in [6, 6.07) is 3.20. The molecule has 0 radical (unpaired) electrons. The van der Waals surface area contributed by atoms with Crippen LogP contribution in [0.1, 0.15) is 22.0 Å². The number of carbonyl (C=O) groups is 1. The van der Waals surface area contributed by atoms with E-state index in [0.717, 1.165) is 12.1 Å². The van der Waals surface area contributed by atoms with Crippen LogP contribution >= 0.6 is 12.6 Å². The lowest BCUT2D eigenvalue weighted by Gasteiger charge is -2.18. The smallest absolute Gasteiger partial charge is 0.249 e. The monoisotopic (exact) mass is 245 g/mol. The van der Waals surface area contributed by atoms with Gasteiger partial charge in [0.25, 0.3) is 0 Å². The van der Waals surface area contributed by atoms with Gasteiger partial charge in [-0.15, -0.1) is 0 Å². The number of rotatable bonds is 4. The van der Waals surface area contributed by atoms with E-state index in [-0.39, 0.29) is 16.9 Å². The Labute approximate surface area is 97.3 Å². The summed E-state index contributed by atoms with van der Waals surface area (Å²) in [5, 5.41) is 19.0. The van der Waals surface area contributed by atoms with Crippen molar-refractivity contribution >= 4 is 18.5 Å². The quantitative estimate of drug-likeness (QED) is 0.574. The maximum Gasteiger partial charge on any atom is 0.249 e. The van der Waals surface area contributed by atoms with Gasteiger partial charge in [0, 0.05) is 11.3 Å². The number of hydrogen-bond donors (Lipinski definition) is 4. The van der Waals surface area contributed by atoms with E-state index in [9.17, 15) is 19.4 Å². The van der Waals surface area contributed by atoms with Gasteiger partial charge in [0.15, 0.2) is 0 Å². The molecule has 1 amide bonds. The Hall–Kier alpha value is -1.11. The van der Waals surface area contributed by atoms with Crippen molar-refractivity contribution in [2.24, 2.45) is 5.73 Å². The van der Waals surface area contributed by atoms with Crippen LogP contribution in [0.15, 0.2) is 18.2 Å². The van der Waals surface area contributed by atoms with Crippen molar-refractivity contribution in [3.8, 4) is 0 Å². The number of aliphatic hydroxyl groups is 2. The molecule has 0 saturated carbocycles. The molecular weight excluding hydrogens is 233 g/mol. The van der Waals surface area contributed by atoms with E-state index in [1.807, 2.05) is 0 Å². The third-order valence-corrected chi connectivity index (χ3v) is 2.52. The Morgan fingerprint density at radius 3 is 2.62 bits per heavy atom. The first kappa shape index (κ1) is 13.0. The highest BCUT2D eigenvalue weighted by Gasteiger charge is 2.22. The normalized spacial score (nSPS) is 14.5. The molecule has 6 heteroatoms. The van der Waals surface area contributed by atoms with Crippen molar-refractivity contribution in [3.63, 3.8) is 0 Å². The van der Waals surface area contributed by atoms with Gasteiger partial charge in [-0.05, 0) is 23.8 Å². The molecule has 0 heterocycles. The molecule has 0 saturated heterocycles. The van der Waals surface area contributed by atoms with E-state index in [2.05, 4.69) is 12.6 Å². The van der Waals surface area contributed by atoms with Crippen LogP contribution in [0.3, 0.4) is 0 Å². The predicted octanol–water partition coefficient (Wildman–Crippen LogP) is 0.249. The number of nitrogens with two attached hydrogens (primary N) is 1. The first-order valence-electron chi connectivity index (χ1n) is 4.53. The zero-order valence-electron chi connectivity index (χ0n) is 8.30. The average molecular weight is 245 g/mol. The zero-order valence-corrected chi connectivity index (χ0v) is 9.19. The van der Waals surface area contributed by atoms with Gasteiger partial charge in [0.05, 0.1) is 6.10 Å². The van der Waals surface area contributed by atoms with E-state index in [1.54, 1.807) is 0 Å².